The van der Waals surface area contributed by atoms with Gasteiger partial charge in [0.05, 0.1) is 14.2 Å². The summed E-state index contributed by atoms with van der Waals surface area (Å²) in [5, 5.41) is 11.3. The summed E-state index contributed by atoms with van der Waals surface area (Å²) in [5.74, 6) is -0.856. The van der Waals surface area contributed by atoms with Crippen molar-refractivity contribution in [1.29, 1.82) is 0 Å². The number of rotatable bonds is 17. The Bertz CT molecular complexity index is 1840. The molecule has 2 heterocycles. The lowest BCUT2D eigenvalue weighted by Gasteiger charge is -2.29. The molecule has 5 rings (SSSR count). The van der Waals surface area contributed by atoms with Crippen molar-refractivity contribution >= 4 is 52.9 Å². The van der Waals surface area contributed by atoms with Crippen LogP contribution in [0.15, 0.2) is 78.9 Å². The summed E-state index contributed by atoms with van der Waals surface area (Å²) in [6.07, 6.45) is 1.90. The summed E-state index contributed by atoms with van der Waals surface area (Å²) < 4.78 is 9.48. The Morgan fingerprint density at radius 2 is 1.00 bits per heavy atom. The number of methoxy groups -OCH3 is 2. The maximum absolute atomic E-state index is 13.5. The molecule has 3 aromatic carbocycles. The molecule has 2 saturated heterocycles. The van der Waals surface area contributed by atoms with Crippen molar-refractivity contribution < 1.29 is 38.2 Å². The molecule has 15 nitrogen and oxygen atoms in total. The maximum Gasteiger partial charge on any atom is 0.407 e. The Hall–Kier alpha value is -6.12. The normalized spacial score (nSPS) is 17.0. The molecule has 0 spiro atoms. The van der Waals surface area contributed by atoms with Gasteiger partial charge >= 0.3 is 12.2 Å². The van der Waals surface area contributed by atoms with E-state index in [-0.39, 0.29) is 35.5 Å². The highest BCUT2D eigenvalue weighted by Crippen LogP contribution is 2.26. The van der Waals surface area contributed by atoms with Crippen LogP contribution in [0.4, 0.5) is 26.7 Å². The maximum atomic E-state index is 13.5. The van der Waals surface area contributed by atoms with Gasteiger partial charge in [0, 0.05) is 43.2 Å². The number of alkyl carbamates (subject to hydrolysis) is 2. The van der Waals surface area contributed by atoms with Crippen LogP contribution >= 0.6 is 0 Å². The molecule has 2 aliphatic rings. The van der Waals surface area contributed by atoms with Crippen LogP contribution in [0.3, 0.4) is 0 Å². The first-order valence-electron chi connectivity index (χ1n) is 21.2. The SMILES string of the molecule is COC(=O)NC(CC(C)C)C(=O)N1CCCC1C(=O)Nc1ccc(CN(Cc2ccc(NC(=O)C3CCCN3C(=O)C(CC(C)C)NC(=O)OC)cc2)c2ccccc2)cc1. The zero-order valence-electron chi connectivity index (χ0n) is 36.1. The lowest BCUT2D eigenvalue weighted by Crippen LogP contribution is -2.53. The molecule has 2 aliphatic heterocycles. The molecule has 15 heteroatoms. The number of nitrogens with one attached hydrogen (secondary N) is 4. The van der Waals surface area contributed by atoms with Crippen molar-refractivity contribution in [3.05, 3.63) is 90.0 Å². The van der Waals surface area contributed by atoms with Gasteiger partial charge in [-0.2, -0.15) is 0 Å². The van der Waals surface area contributed by atoms with E-state index in [4.69, 9.17) is 9.47 Å². The number of ether oxygens (including phenoxy) is 2. The van der Waals surface area contributed by atoms with Crippen molar-refractivity contribution in [3.8, 4) is 0 Å². The fourth-order valence-electron chi connectivity index (χ4n) is 7.95. The fraction of sp³-hybridized carbons (Fsp3) is 0.478. The Kier molecular flexibility index (Phi) is 16.5. The highest BCUT2D eigenvalue weighted by molar-refractivity contribution is 5.99. The quantitative estimate of drug-likeness (QED) is 0.122. The molecular weight excluding hydrogens is 779 g/mol. The van der Waals surface area contributed by atoms with Gasteiger partial charge in [0.25, 0.3) is 0 Å². The number of benzene rings is 3. The molecular formula is C46H61N7O8. The van der Waals surface area contributed by atoms with Gasteiger partial charge < -0.3 is 45.4 Å². The molecule has 4 unspecified atom stereocenters. The Labute approximate surface area is 358 Å². The molecule has 6 amide bonds. The number of hydrogen-bond acceptors (Lipinski definition) is 9. The van der Waals surface area contributed by atoms with E-state index >= 15 is 0 Å². The van der Waals surface area contributed by atoms with Crippen LogP contribution in [-0.2, 0) is 41.7 Å². The predicted molar refractivity (Wildman–Crippen MR) is 234 cm³/mol. The molecule has 61 heavy (non-hydrogen) atoms. The largest absolute Gasteiger partial charge is 0.453 e. The predicted octanol–water partition coefficient (Wildman–Crippen LogP) is 6.29. The number of carbonyl (C=O) groups is 6. The average molecular weight is 840 g/mol. The van der Waals surface area contributed by atoms with Gasteiger partial charge in [-0.05, 0) is 97.9 Å². The van der Waals surface area contributed by atoms with E-state index in [1.165, 1.54) is 14.2 Å². The molecule has 0 bridgehead atoms. The van der Waals surface area contributed by atoms with Crippen molar-refractivity contribution in [2.75, 3.05) is 42.8 Å². The topological polar surface area (TPSA) is 179 Å². The van der Waals surface area contributed by atoms with Crippen LogP contribution in [0.1, 0.15) is 77.3 Å². The highest BCUT2D eigenvalue weighted by Gasteiger charge is 2.39. The van der Waals surface area contributed by atoms with Crippen molar-refractivity contribution in [1.82, 2.24) is 20.4 Å². The van der Waals surface area contributed by atoms with E-state index in [2.05, 4.69) is 26.2 Å². The third-order valence-electron chi connectivity index (χ3n) is 11.0. The summed E-state index contributed by atoms with van der Waals surface area (Å²) in [5.41, 5.74) is 4.27. The summed E-state index contributed by atoms with van der Waals surface area (Å²) in [7, 11) is 2.51. The number of hydrogen-bond donors (Lipinski definition) is 4. The zero-order valence-corrected chi connectivity index (χ0v) is 36.1. The molecule has 4 atom stereocenters. The minimum Gasteiger partial charge on any atom is -0.453 e. The zero-order chi connectivity index (χ0) is 44.1. The average Bonchev–Trinajstić information content (AvgIpc) is 3.95. The van der Waals surface area contributed by atoms with E-state index in [1.54, 1.807) is 9.80 Å². The van der Waals surface area contributed by atoms with Gasteiger partial charge in [-0.15, -0.1) is 0 Å². The van der Waals surface area contributed by atoms with Crippen molar-refractivity contribution in [2.45, 2.75) is 103 Å². The third kappa shape index (κ3) is 12.9. The number of likely N-dealkylation sites (tertiary alicyclic amines) is 2. The van der Waals surface area contributed by atoms with Crippen molar-refractivity contribution in [2.24, 2.45) is 11.8 Å². The Morgan fingerprint density at radius 3 is 1.36 bits per heavy atom. The molecule has 0 aromatic heterocycles. The van der Waals surface area contributed by atoms with E-state index in [0.29, 0.717) is 76.1 Å². The number of anilines is 3. The smallest absolute Gasteiger partial charge is 0.407 e. The van der Waals surface area contributed by atoms with E-state index in [1.807, 2.05) is 107 Å². The van der Waals surface area contributed by atoms with Crippen molar-refractivity contribution in [3.63, 3.8) is 0 Å². The van der Waals surface area contributed by atoms with Gasteiger partial charge in [-0.1, -0.05) is 70.2 Å². The van der Waals surface area contributed by atoms with Crippen LogP contribution in [0, 0.1) is 11.8 Å². The monoisotopic (exact) mass is 839 g/mol. The van der Waals surface area contributed by atoms with Crippen LogP contribution < -0.4 is 26.2 Å². The summed E-state index contributed by atoms with van der Waals surface area (Å²) in [4.78, 5) is 83.5. The number of amides is 6. The highest BCUT2D eigenvalue weighted by atomic mass is 16.5. The lowest BCUT2D eigenvalue weighted by atomic mass is 10.0. The summed E-state index contributed by atoms with van der Waals surface area (Å²) >= 11 is 0. The second-order valence-corrected chi connectivity index (χ2v) is 16.6. The Morgan fingerprint density at radius 1 is 0.607 bits per heavy atom. The first-order valence-corrected chi connectivity index (χ1v) is 21.2. The first-order chi connectivity index (χ1) is 29.3. The number of carbonyl (C=O) groups excluding carboxylic acids is 6. The minimum absolute atomic E-state index is 0.139. The third-order valence-corrected chi connectivity index (χ3v) is 11.0. The van der Waals surface area contributed by atoms with Gasteiger partial charge in [0.2, 0.25) is 23.6 Å². The van der Waals surface area contributed by atoms with E-state index in [9.17, 15) is 28.8 Å². The van der Waals surface area contributed by atoms with E-state index in [0.717, 1.165) is 16.8 Å². The molecule has 0 saturated carbocycles. The molecule has 3 aromatic rings. The number of nitrogens with zero attached hydrogens (tertiary/aromatic N) is 3. The van der Waals surface area contributed by atoms with Gasteiger partial charge in [0.15, 0.2) is 0 Å². The van der Waals surface area contributed by atoms with Crippen LogP contribution in [0.25, 0.3) is 0 Å². The first kappa shape index (κ1) is 46.0. The van der Waals surface area contributed by atoms with E-state index < -0.39 is 36.4 Å². The lowest BCUT2D eigenvalue weighted by molar-refractivity contribution is -0.138. The fourth-order valence-corrected chi connectivity index (χ4v) is 7.95. The molecule has 4 N–H and O–H groups in total. The standard InChI is InChI=1S/C46H61N7O8/c1-30(2)26-37(49-45(58)60-5)43(56)52-24-10-14-39(52)41(54)47-34-20-16-32(17-21-34)28-51(36-12-8-7-9-13-36)29-33-18-22-35(23-19-33)48-42(55)40-15-11-25-53(40)44(57)38(27-31(3)4)50-46(59)61-6/h7-9,12-13,16-23,30-31,37-40H,10-11,14-15,24-29H2,1-6H3,(H,47,54)(H,48,55)(H,49,58)(H,50,59). The van der Waals surface area contributed by atoms with Gasteiger partial charge in [-0.3, -0.25) is 19.2 Å². The van der Waals surface area contributed by atoms with Gasteiger partial charge in [0.1, 0.15) is 24.2 Å². The van der Waals surface area contributed by atoms with Crippen LogP contribution in [0.2, 0.25) is 0 Å². The van der Waals surface area contributed by atoms with Crippen LogP contribution in [0.5, 0.6) is 0 Å². The Balaban J connectivity index is 1.20. The summed E-state index contributed by atoms with van der Waals surface area (Å²) in [6, 6.07) is 22.4. The molecule has 0 radical (unpaired) electrons. The second-order valence-electron chi connectivity index (χ2n) is 16.6. The molecule has 0 aliphatic carbocycles. The summed E-state index contributed by atoms with van der Waals surface area (Å²) in [6.45, 7) is 9.86. The molecule has 2 fully saturated rings. The second kappa shape index (κ2) is 21.9. The minimum atomic E-state index is -0.786. The molecule has 328 valence electrons. The van der Waals surface area contributed by atoms with Gasteiger partial charge in [-0.25, -0.2) is 9.59 Å². The number of para-hydroxylation sites is 1. The van der Waals surface area contributed by atoms with Crippen LogP contribution in [-0.4, -0.2) is 97.1 Å².